The van der Waals surface area contributed by atoms with Crippen molar-refractivity contribution in [3.8, 4) is 0 Å². The van der Waals surface area contributed by atoms with Crippen molar-refractivity contribution >= 4 is 17.5 Å². The number of aromatic amines is 1. The first-order valence-electron chi connectivity index (χ1n) is 5.03. The molecule has 0 atom stereocenters. The van der Waals surface area contributed by atoms with Crippen LogP contribution >= 0.6 is 0 Å². The number of rotatable bonds is 4. The van der Waals surface area contributed by atoms with E-state index in [1.165, 1.54) is 24.5 Å². The lowest BCUT2D eigenvalue weighted by Gasteiger charge is -2.01. The summed E-state index contributed by atoms with van der Waals surface area (Å²) in [6, 6.07) is 5.92. The number of H-pyrrole nitrogens is 1. The van der Waals surface area contributed by atoms with Crippen LogP contribution in [0.1, 0.15) is 5.56 Å². The minimum atomic E-state index is -0.502. The largest absolute Gasteiger partial charge is 0.295 e. The van der Waals surface area contributed by atoms with Crippen molar-refractivity contribution in [2.75, 3.05) is 5.32 Å². The third-order valence-corrected chi connectivity index (χ3v) is 2.16. The molecule has 2 N–H and O–H groups in total. The fourth-order valence-electron chi connectivity index (χ4n) is 1.41. The Kier molecular flexibility index (Phi) is 3.28. The molecule has 1 heterocycles. The van der Waals surface area contributed by atoms with Crippen LogP contribution in [0.3, 0.4) is 0 Å². The Morgan fingerprint density at radius 2 is 2.33 bits per heavy atom. The Labute approximate surface area is 101 Å². The molecule has 0 saturated carbocycles. The molecule has 0 aliphatic rings. The molecule has 1 aromatic heterocycles. The van der Waals surface area contributed by atoms with Crippen molar-refractivity contribution in [3.63, 3.8) is 0 Å². The van der Waals surface area contributed by atoms with Gasteiger partial charge in [0.1, 0.15) is 6.33 Å². The molecule has 0 spiro atoms. The highest BCUT2D eigenvalue weighted by Crippen LogP contribution is 2.13. The van der Waals surface area contributed by atoms with Crippen LogP contribution < -0.4 is 5.32 Å². The maximum atomic E-state index is 11.6. The van der Waals surface area contributed by atoms with E-state index in [1.807, 2.05) is 0 Å². The van der Waals surface area contributed by atoms with Gasteiger partial charge in [0.15, 0.2) is 0 Å². The summed E-state index contributed by atoms with van der Waals surface area (Å²) in [5.41, 5.74) is 0.515. The third-order valence-electron chi connectivity index (χ3n) is 2.16. The van der Waals surface area contributed by atoms with E-state index in [1.54, 1.807) is 6.07 Å². The van der Waals surface area contributed by atoms with E-state index < -0.39 is 4.92 Å². The van der Waals surface area contributed by atoms with E-state index in [0.29, 0.717) is 5.56 Å². The Bertz CT molecular complexity index is 567. The fourth-order valence-corrected chi connectivity index (χ4v) is 1.41. The van der Waals surface area contributed by atoms with Gasteiger partial charge in [-0.25, -0.2) is 5.10 Å². The van der Waals surface area contributed by atoms with Gasteiger partial charge in [0.05, 0.1) is 11.3 Å². The number of benzene rings is 1. The molecule has 1 amide bonds. The van der Waals surface area contributed by atoms with E-state index in [0.717, 1.165) is 0 Å². The number of non-ortho nitro benzene ring substituents is 1. The Hall–Kier alpha value is -2.77. The molecule has 8 heteroatoms. The quantitative estimate of drug-likeness (QED) is 0.615. The number of carbonyl (C=O) groups is 1. The lowest BCUT2D eigenvalue weighted by atomic mass is 10.1. The molecule has 1 aromatic carbocycles. The molecule has 0 unspecified atom stereocenters. The predicted molar refractivity (Wildman–Crippen MR) is 61.8 cm³/mol. The van der Waals surface area contributed by atoms with Crippen LogP contribution in [0.15, 0.2) is 30.6 Å². The average molecular weight is 247 g/mol. The lowest BCUT2D eigenvalue weighted by molar-refractivity contribution is -0.384. The van der Waals surface area contributed by atoms with Crippen molar-refractivity contribution in [3.05, 3.63) is 46.3 Å². The minimum Gasteiger partial charge on any atom is -0.295 e. The molecule has 92 valence electrons. The molecule has 0 aliphatic carbocycles. The second-order valence-corrected chi connectivity index (χ2v) is 3.49. The highest BCUT2D eigenvalue weighted by atomic mass is 16.6. The van der Waals surface area contributed by atoms with Crippen molar-refractivity contribution in [1.82, 2.24) is 15.2 Å². The highest BCUT2D eigenvalue weighted by Gasteiger charge is 2.09. The van der Waals surface area contributed by atoms with Gasteiger partial charge in [-0.1, -0.05) is 12.1 Å². The van der Waals surface area contributed by atoms with E-state index in [-0.39, 0.29) is 24.0 Å². The summed E-state index contributed by atoms with van der Waals surface area (Å²) in [6.07, 6.45) is 1.30. The molecule has 8 nitrogen and oxygen atoms in total. The Morgan fingerprint density at radius 1 is 1.50 bits per heavy atom. The number of nitrogens with one attached hydrogen (secondary N) is 2. The number of nitro groups is 1. The van der Waals surface area contributed by atoms with Gasteiger partial charge >= 0.3 is 0 Å². The molecule has 0 fully saturated rings. The Morgan fingerprint density at radius 3 is 3.00 bits per heavy atom. The van der Waals surface area contributed by atoms with E-state index in [2.05, 4.69) is 20.5 Å². The van der Waals surface area contributed by atoms with Crippen LogP contribution in [0, 0.1) is 10.1 Å². The van der Waals surface area contributed by atoms with E-state index in [4.69, 9.17) is 0 Å². The van der Waals surface area contributed by atoms with Gasteiger partial charge in [-0.2, -0.15) is 10.1 Å². The van der Waals surface area contributed by atoms with Crippen molar-refractivity contribution in [2.45, 2.75) is 6.42 Å². The Balaban J connectivity index is 2.03. The van der Waals surface area contributed by atoms with Crippen LogP contribution in [0.25, 0.3) is 0 Å². The van der Waals surface area contributed by atoms with Gasteiger partial charge < -0.3 is 0 Å². The molecule has 0 saturated heterocycles. The summed E-state index contributed by atoms with van der Waals surface area (Å²) in [5.74, 6) is -0.0855. The fraction of sp³-hybridized carbons (Fsp3) is 0.100. The molecule has 2 aromatic rings. The van der Waals surface area contributed by atoms with Crippen LogP contribution in [0.4, 0.5) is 11.6 Å². The zero-order valence-corrected chi connectivity index (χ0v) is 9.16. The molecule has 18 heavy (non-hydrogen) atoms. The van der Waals surface area contributed by atoms with Gasteiger partial charge in [-0.05, 0) is 5.56 Å². The van der Waals surface area contributed by atoms with E-state index in [9.17, 15) is 14.9 Å². The zero-order chi connectivity index (χ0) is 13.0. The predicted octanol–water partition coefficient (Wildman–Crippen LogP) is 0.894. The monoisotopic (exact) mass is 247 g/mol. The number of amides is 1. The summed E-state index contributed by atoms with van der Waals surface area (Å²) >= 11 is 0. The van der Waals surface area contributed by atoms with Crippen LogP contribution in [0.2, 0.25) is 0 Å². The maximum absolute atomic E-state index is 11.6. The number of carbonyl (C=O) groups excluding carboxylic acids is 1. The zero-order valence-electron chi connectivity index (χ0n) is 9.16. The minimum absolute atomic E-state index is 0.0301. The number of nitrogens with zero attached hydrogens (tertiary/aromatic N) is 3. The van der Waals surface area contributed by atoms with Gasteiger partial charge in [0.2, 0.25) is 11.9 Å². The number of nitro benzene ring substituents is 1. The first kappa shape index (κ1) is 11.7. The molecule has 0 aliphatic heterocycles. The van der Waals surface area contributed by atoms with Crippen molar-refractivity contribution in [2.24, 2.45) is 0 Å². The summed E-state index contributed by atoms with van der Waals surface area (Å²) in [6.45, 7) is 0. The van der Waals surface area contributed by atoms with Crippen LogP contribution in [-0.2, 0) is 11.2 Å². The number of hydrogen-bond acceptors (Lipinski definition) is 5. The van der Waals surface area contributed by atoms with E-state index >= 15 is 0 Å². The number of anilines is 1. The molecule has 0 bridgehead atoms. The first-order valence-corrected chi connectivity index (χ1v) is 5.03. The van der Waals surface area contributed by atoms with Gasteiger partial charge in [-0.15, -0.1) is 0 Å². The van der Waals surface area contributed by atoms with Crippen LogP contribution in [0.5, 0.6) is 0 Å². The second-order valence-electron chi connectivity index (χ2n) is 3.49. The number of aromatic nitrogens is 3. The average Bonchev–Trinajstić information content (AvgIpc) is 2.82. The second kappa shape index (κ2) is 5.04. The summed E-state index contributed by atoms with van der Waals surface area (Å²) in [4.78, 5) is 25.4. The summed E-state index contributed by atoms with van der Waals surface area (Å²) < 4.78 is 0. The lowest BCUT2D eigenvalue weighted by Crippen LogP contribution is -2.15. The standard InChI is InChI=1S/C10H9N5O3/c16-9(13-10-11-6-12-14-10)5-7-2-1-3-8(4-7)15(17)18/h1-4,6H,5H2,(H2,11,12,13,14,16). The van der Waals surface area contributed by atoms with Crippen molar-refractivity contribution < 1.29 is 9.72 Å². The third kappa shape index (κ3) is 2.88. The topological polar surface area (TPSA) is 114 Å². The molecular formula is C10H9N5O3. The SMILES string of the molecule is O=C(Cc1cccc([N+](=O)[O-])c1)Nc1ncn[nH]1. The maximum Gasteiger partial charge on any atom is 0.269 e. The van der Waals surface area contributed by atoms with Crippen LogP contribution in [-0.4, -0.2) is 26.0 Å². The molecular weight excluding hydrogens is 238 g/mol. The molecule has 0 radical (unpaired) electrons. The smallest absolute Gasteiger partial charge is 0.269 e. The van der Waals surface area contributed by atoms with Crippen molar-refractivity contribution in [1.29, 1.82) is 0 Å². The van der Waals surface area contributed by atoms with Gasteiger partial charge in [-0.3, -0.25) is 20.2 Å². The van der Waals surface area contributed by atoms with Gasteiger partial charge in [0, 0.05) is 12.1 Å². The summed E-state index contributed by atoms with van der Waals surface area (Å²) in [5, 5.41) is 19.1. The highest BCUT2D eigenvalue weighted by molar-refractivity contribution is 5.90. The molecule has 2 rings (SSSR count). The first-order chi connectivity index (χ1) is 8.65. The normalized spacial score (nSPS) is 10.0. The van der Waals surface area contributed by atoms with Gasteiger partial charge in [0.25, 0.3) is 5.69 Å². The summed E-state index contributed by atoms with van der Waals surface area (Å²) in [7, 11) is 0. The number of hydrogen-bond donors (Lipinski definition) is 2.